The molecule has 0 aliphatic heterocycles. The molecule has 1 aromatic rings. The van der Waals surface area contributed by atoms with Crippen molar-refractivity contribution in [3.63, 3.8) is 0 Å². The van der Waals surface area contributed by atoms with Crippen LogP contribution in [0.1, 0.15) is 0 Å². The number of rotatable bonds is 8. The number of halogens is 3. The number of hydrogen-bond donors (Lipinski definition) is 2. The van der Waals surface area contributed by atoms with Gasteiger partial charge < -0.3 is 10.1 Å². The summed E-state index contributed by atoms with van der Waals surface area (Å²) in [6, 6.07) is 3.02. The number of hydrogen-bond acceptors (Lipinski definition) is 4. The molecule has 2 N–H and O–H groups in total. The summed E-state index contributed by atoms with van der Waals surface area (Å²) in [4.78, 5) is -0.690. The Morgan fingerprint density at radius 3 is 2.55 bits per heavy atom. The van der Waals surface area contributed by atoms with Crippen LogP contribution in [0.5, 0.6) is 0 Å². The van der Waals surface area contributed by atoms with Gasteiger partial charge in [-0.05, 0) is 12.1 Å². The van der Waals surface area contributed by atoms with E-state index in [9.17, 15) is 17.2 Å². The highest BCUT2D eigenvalue weighted by molar-refractivity contribution is 7.89. The first kappa shape index (κ1) is 19.2. The number of nitrogens with one attached hydrogen (secondary N) is 2. The van der Waals surface area contributed by atoms with Crippen LogP contribution >= 0.6 is 12.4 Å². The van der Waals surface area contributed by atoms with E-state index in [4.69, 9.17) is 4.74 Å². The summed E-state index contributed by atoms with van der Waals surface area (Å²) in [6.45, 7) is 1.51. The number of sulfonamides is 1. The molecule has 0 saturated heterocycles. The fourth-order valence-electron chi connectivity index (χ4n) is 1.34. The Hall–Kier alpha value is -0.800. The van der Waals surface area contributed by atoms with Crippen LogP contribution in [0.15, 0.2) is 23.1 Å². The molecule has 0 radical (unpaired) electrons. The molecular formula is C11H17ClF2N2O3S. The molecule has 0 aliphatic rings. The Kier molecular flexibility index (Phi) is 8.83. The van der Waals surface area contributed by atoms with Crippen LogP contribution in [0.3, 0.4) is 0 Å². The van der Waals surface area contributed by atoms with Gasteiger partial charge in [-0.15, -0.1) is 12.4 Å². The van der Waals surface area contributed by atoms with Gasteiger partial charge >= 0.3 is 0 Å². The Morgan fingerprint density at radius 2 is 1.90 bits per heavy atom. The van der Waals surface area contributed by atoms with Crippen molar-refractivity contribution in [2.24, 2.45) is 0 Å². The van der Waals surface area contributed by atoms with Crippen LogP contribution in [0.2, 0.25) is 0 Å². The molecule has 1 aromatic carbocycles. The van der Waals surface area contributed by atoms with Crippen LogP contribution in [0.4, 0.5) is 8.78 Å². The molecule has 5 nitrogen and oxygen atoms in total. The molecule has 9 heteroatoms. The second kappa shape index (κ2) is 9.19. The van der Waals surface area contributed by atoms with Gasteiger partial charge in [-0.2, -0.15) is 0 Å². The average molecular weight is 331 g/mol. The van der Waals surface area contributed by atoms with Crippen LogP contribution in [-0.2, 0) is 14.8 Å². The summed E-state index contributed by atoms with van der Waals surface area (Å²) in [6.07, 6.45) is 0. The van der Waals surface area contributed by atoms with Crippen molar-refractivity contribution < 1.29 is 21.9 Å². The van der Waals surface area contributed by atoms with Crippen LogP contribution in [-0.4, -0.2) is 41.8 Å². The minimum atomic E-state index is -4.04. The highest BCUT2D eigenvalue weighted by Crippen LogP contribution is 2.16. The molecule has 116 valence electrons. The Bertz CT molecular complexity index is 514. The van der Waals surface area contributed by atoms with E-state index in [1.807, 2.05) is 0 Å². The summed E-state index contributed by atoms with van der Waals surface area (Å²) in [5.41, 5.74) is 0. The van der Waals surface area contributed by atoms with Crippen molar-refractivity contribution in [3.05, 3.63) is 29.8 Å². The summed E-state index contributed by atoms with van der Waals surface area (Å²) in [7, 11) is -2.49. The SMILES string of the molecule is COCCNCCNS(=O)(=O)c1cccc(F)c1F.Cl. The maximum atomic E-state index is 13.3. The van der Waals surface area contributed by atoms with Crippen molar-refractivity contribution in [2.75, 3.05) is 33.4 Å². The fourth-order valence-corrected chi connectivity index (χ4v) is 2.46. The Balaban J connectivity index is 0.00000361. The van der Waals surface area contributed by atoms with Gasteiger partial charge in [0.2, 0.25) is 10.0 Å². The lowest BCUT2D eigenvalue weighted by Crippen LogP contribution is -2.33. The quantitative estimate of drug-likeness (QED) is 0.695. The normalized spacial score (nSPS) is 11.2. The molecule has 0 amide bonds. The molecule has 20 heavy (non-hydrogen) atoms. The summed E-state index contributed by atoms with van der Waals surface area (Å²) in [5, 5.41) is 2.92. The zero-order chi connectivity index (χ0) is 14.3. The summed E-state index contributed by atoms with van der Waals surface area (Å²) < 4.78 is 56.7. The van der Waals surface area contributed by atoms with E-state index >= 15 is 0 Å². The Morgan fingerprint density at radius 1 is 1.20 bits per heavy atom. The molecular weight excluding hydrogens is 314 g/mol. The minimum Gasteiger partial charge on any atom is -0.383 e. The van der Waals surface area contributed by atoms with Crippen LogP contribution in [0.25, 0.3) is 0 Å². The predicted octanol–water partition coefficient (Wildman–Crippen LogP) is 0.901. The van der Waals surface area contributed by atoms with E-state index in [2.05, 4.69) is 10.0 Å². The Labute approximate surface area is 123 Å². The first-order valence-electron chi connectivity index (χ1n) is 5.62. The van der Waals surface area contributed by atoms with E-state index in [0.29, 0.717) is 19.7 Å². The lowest BCUT2D eigenvalue weighted by molar-refractivity contribution is 0.199. The molecule has 0 atom stereocenters. The van der Waals surface area contributed by atoms with Crippen LogP contribution < -0.4 is 10.0 Å². The largest absolute Gasteiger partial charge is 0.383 e. The first-order chi connectivity index (χ1) is 8.99. The molecule has 0 spiro atoms. The van der Waals surface area contributed by atoms with Gasteiger partial charge in [0.15, 0.2) is 11.6 Å². The van der Waals surface area contributed by atoms with Gasteiger partial charge in [0.25, 0.3) is 0 Å². The molecule has 0 aliphatic carbocycles. The first-order valence-corrected chi connectivity index (χ1v) is 7.10. The zero-order valence-electron chi connectivity index (χ0n) is 10.9. The highest BCUT2D eigenvalue weighted by atomic mass is 35.5. The lowest BCUT2D eigenvalue weighted by Gasteiger charge is -2.08. The summed E-state index contributed by atoms with van der Waals surface area (Å²) in [5.74, 6) is -2.57. The number of benzene rings is 1. The number of methoxy groups -OCH3 is 1. The molecule has 0 saturated carbocycles. The predicted molar refractivity (Wildman–Crippen MR) is 73.5 cm³/mol. The fraction of sp³-hybridized carbons (Fsp3) is 0.455. The van der Waals surface area contributed by atoms with E-state index in [1.165, 1.54) is 0 Å². The smallest absolute Gasteiger partial charge is 0.243 e. The third-order valence-corrected chi connectivity index (χ3v) is 3.76. The summed E-state index contributed by atoms with van der Waals surface area (Å²) >= 11 is 0. The second-order valence-electron chi connectivity index (χ2n) is 3.69. The molecule has 0 aromatic heterocycles. The molecule has 0 unspecified atom stereocenters. The highest BCUT2D eigenvalue weighted by Gasteiger charge is 2.20. The zero-order valence-corrected chi connectivity index (χ0v) is 12.5. The lowest BCUT2D eigenvalue weighted by atomic mass is 10.3. The molecule has 0 heterocycles. The third kappa shape index (κ3) is 5.68. The number of ether oxygens (including phenoxy) is 1. The van der Waals surface area contributed by atoms with Gasteiger partial charge in [-0.1, -0.05) is 6.07 Å². The van der Waals surface area contributed by atoms with Crippen molar-refractivity contribution >= 4 is 22.4 Å². The maximum absolute atomic E-state index is 13.3. The monoisotopic (exact) mass is 330 g/mol. The van der Waals surface area contributed by atoms with Crippen molar-refractivity contribution in [2.45, 2.75) is 4.90 Å². The molecule has 0 bridgehead atoms. The van der Waals surface area contributed by atoms with Crippen molar-refractivity contribution in [3.8, 4) is 0 Å². The molecule has 1 rings (SSSR count). The second-order valence-corrected chi connectivity index (χ2v) is 5.43. The maximum Gasteiger partial charge on any atom is 0.243 e. The van der Waals surface area contributed by atoms with Gasteiger partial charge in [0, 0.05) is 26.7 Å². The van der Waals surface area contributed by atoms with Crippen molar-refractivity contribution in [1.29, 1.82) is 0 Å². The topological polar surface area (TPSA) is 67.4 Å². The third-order valence-electron chi connectivity index (χ3n) is 2.28. The molecule has 0 fully saturated rings. The average Bonchev–Trinajstić information content (AvgIpc) is 2.36. The van der Waals surface area contributed by atoms with E-state index in [-0.39, 0.29) is 19.0 Å². The minimum absolute atomic E-state index is 0. The van der Waals surface area contributed by atoms with Crippen LogP contribution in [0, 0.1) is 11.6 Å². The van der Waals surface area contributed by atoms with Gasteiger partial charge in [-0.3, -0.25) is 0 Å². The standard InChI is InChI=1S/C11H16F2N2O3S.ClH/c1-18-8-7-14-5-6-15-19(16,17)10-4-2-3-9(12)11(10)13;/h2-4,14-15H,5-8H2,1H3;1H. The van der Waals surface area contributed by atoms with Gasteiger partial charge in [0.1, 0.15) is 4.90 Å². The van der Waals surface area contributed by atoms with E-state index in [1.54, 1.807) is 7.11 Å². The van der Waals surface area contributed by atoms with E-state index in [0.717, 1.165) is 18.2 Å². The van der Waals surface area contributed by atoms with Crippen molar-refractivity contribution in [1.82, 2.24) is 10.0 Å². The van der Waals surface area contributed by atoms with E-state index < -0.39 is 26.6 Å². The van der Waals surface area contributed by atoms with Gasteiger partial charge in [-0.25, -0.2) is 21.9 Å². The van der Waals surface area contributed by atoms with Gasteiger partial charge in [0.05, 0.1) is 6.61 Å².